The van der Waals surface area contributed by atoms with E-state index in [1.807, 2.05) is 0 Å². The van der Waals surface area contributed by atoms with E-state index in [2.05, 4.69) is 17.1 Å². The third kappa shape index (κ3) is 4.50. The van der Waals surface area contributed by atoms with Crippen molar-refractivity contribution in [1.82, 2.24) is 10.2 Å². The monoisotopic (exact) mass is 256 g/mol. The largest absolute Gasteiger partial charge is 0.353 e. The van der Waals surface area contributed by atoms with Crippen LogP contribution in [0.25, 0.3) is 0 Å². The Morgan fingerprint density at radius 1 is 1.11 bits per heavy atom. The van der Waals surface area contributed by atoms with Gasteiger partial charge in [-0.3, -0.25) is 0 Å². The van der Waals surface area contributed by atoms with Gasteiger partial charge in [0.05, 0.1) is 13.2 Å². The highest BCUT2D eigenvalue weighted by Gasteiger charge is 2.22. The first-order valence-corrected chi connectivity index (χ1v) is 7.58. The lowest BCUT2D eigenvalue weighted by Crippen LogP contribution is -2.44. The van der Waals surface area contributed by atoms with Crippen molar-refractivity contribution < 1.29 is 9.47 Å². The van der Waals surface area contributed by atoms with Gasteiger partial charge in [0.1, 0.15) is 0 Å². The first-order chi connectivity index (χ1) is 8.90. The average molecular weight is 256 g/mol. The second kappa shape index (κ2) is 8.10. The molecule has 2 rings (SSSR count). The summed E-state index contributed by atoms with van der Waals surface area (Å²) >= 11 is 0. The van der Waals surface area contributed by atoms with Gasteiger partial charge in [0, 0.05) is 19.0 Å². The van der Waals surface area contributed by atoms with Crippen LogP contribution in [0.2, 0.25) is 0 Å². The number of piperidine rings is 1. The summed E-state index contributed by atoms with van der Waals surface area (Å²) in [6.45, 7) is 8.66. The van der Waals surface area contributed by atoms with Crippen LogP contribution in [0, 0.1) is 0 Å². The first-order valence-electron chi connectivity index (χ1n) is 7.58. The van der Waals surface area contributed by atoms with Crippen LogP contribution < -0.4 is 5.32 Å². The number of hydrogen-bond donors (Lipinski definition) is 1. The SMILES string of the molecule is CCCN(CCC1OCCCO1)C1CCNCC1. The molecule has 2 saturated heterocycles. The van der Waals surface area contributed by atoms with E-state index in [1.54, 1.807) is 0 Å². The summed E-state index contributed by atoms with van der Waals surface area (Å²) in [7, 11) is 0. The molecule has 0 atom stereocenters. The highest BCUT2D eigenvalue weighted by atomic mass is 16.7. The van der Waals surface area contributed by atoms with Crippen LogP contribution in [0.5, 0.6) is 0 Å². The molecule has 0 radical (unpaired) electrons. The predicted molar refractivity (Wildman–Crippen MR) is 72.7 cm³/mol. The molecular weight excluding hydrogens is 228 g/mol. The molecule has 0 spiro atoms. The standard InChI is InChI=1S/C14H28N2O2/c1-2-9-16(13-4-7-15-8-5-13)10-6-14-17-11-3-12-18-14/h13-15H,2-12H2,1H3. The van der Waals surface area contributed by atoms with Crippen LogP contribution in [0.4, 0.5) is 0 Å². The number of ether oxygens (including phenoxy) is 2. The van der Waals surface area contributed by atoms with Gasteiger partial charge in [0.25, 0.3) is 0 Å². The minimum absolute atomic E-state index is 0.0415. The van der Waals surface area contributed by atoms with Crippen molar-refractivity contribution in [3.05, 3.63) is 0 Å². The zero-order valence-electron chi connectivity index (χ0n) is 11.7. The molecule has 4 heteroatoms. The third-order valence-electron chi connectivity index (χ3n) is 3.88. The second-order valence-electron chi connectivity index (χ2n) is 5.33. The van der Waals surface area contributed by atoms with Gasteiger partial charge in [-0.25, -0.2) is 0 Å². The van der Waals surface area contributed by atoms with Gasteiger partial charge < -0.3 is 19.7 Å². The lowest BCUT2D eigenvalue weighted by molar-refractivity contribution is -0.183. The smallest absolute Gasteiger partial charge is 0.158 e. The molecule has 18 heavy (non-hydrogen) atoms. The molecule has 0 unspecified atom stereocenters. The summed E-state index contributed by atoms with van der Waals surface area (Å²) in [5, 5.41) is 3.44. The molecule has 0 bridgehead atoms. The Bertz CT molecular complexity index is 214. The number of nitrogens with zero attached hydrogens (tertiary/aromatic N) is 1. The molecule has 0 aromatic carbocycles. The summed E-state index contributed by atoms with van der Waals surface area (Å²) < 4.78 is 11.3. The van der Waals surface area contributed by atoms with Crippen LogP contribution in [0.3, 0.4) is 0 Å². The minimum Gasteiger partial charge on any atom is -0.353 e. The molecule has 4 nitrogen and oxygen atoms in total. The summed E-state index contributed by atoms with van der Waals surface area (Å²) in [5.41, 5.74) is 0. The highest BCUT2D eigenvalue weighted by Crippen LogP contribution is 2.15. The van der Waals surface area contributed by atoms with Crippen LogP contribution >= 0.6 is 0 Å². The summed E-state index contributed by atoms with van der Waals surface area (Å²) in [5.74, 6) is 0. The molecule has 2 aliphatic heterocycles. The molecule has 0 aromatic rings. The van der Waals surface area contributed by atoms with Gasteiger partial charge in [0.15, 0.2) is 6.29 Å². The van der Waals surface area contributed by atoms with Crippen molar-refractivity contribution in [3.63, 3.8) is 0 Å². The van der Waals surface area contributed by atoms with E-state index in [4.69, 9.17) is 9.47 Å². The fourth-order valence-corrected chi connectivity index (χ4v) is 2.91. The quantitative estimate of drug-likeness (QED) is 0.783. The topological polar surface area (TPSA) is 33.7 Å². The fraction of sp³-hybridized carbons (Fsp3) is 1.00. The molecule has 0 amide bonds. The molecule has 0 aromatic heterocycles. The summed E-state index contributed by atoms with van der Waals surface area (Å²) in [4.78, 5) is 2.64. The van der Waals surface area contributed by atoms with E-state index in [-0.39, 0.29) is 6.29 Å². The Morgan fingerprint density at radius 2 is 1.83 bits per heavy atom. The molecule has 2 heterocycles. The van der Waals surface area contributed by atoms with Crippen LogP contribution in [-0.4, -0.2) is 56.6 Å². The lowest BCUT2D eigenvalue weighted by atomic mass is 10.0. The maximum Gasteiger partial charge on any atom is 0.158 e. The predicted octanol–water partition coefficient (Wildman–Crippen LogP) is 1.60. The first kappa shape index (κ1) is 14.3. The van der Waals surface area contributed by atoms with Crippen molar-refractivity contribution in [2.24, 2.45) is 0 Å². The van der Waals surface area contributed by atoms with Crippen molar-refractivity contribution >= 4 is 0 Å². The van der Waals surface area contributed by atoms with Gasteiger partial charge >= 0.3 is 0 Å². The van der Waals surface area contributed by atoms with Crippen LogP contribution in [0.1, 0.15) is 39.0 Å². The highest BCUT2D eigenvalue weighted by molar-refractivity contribution is 4.78. The molecule has 2 fully saturated rings. The van der Waals surface area contributed by atoms with Crippen molar-refractivity contribution in [2.45, 2.75) is 51.4 Å². The van der Waals surface area contributed by atoms with E-state index in [9.17, 15) is 0 Å². The van der Waals surface area contributed by atoms with Gasteiger partial charge in [-0.1, -0.05) is 6.92 Å². The van der Waals surface area contributed by atoms with Gasteiger partial charge in [-0.05, 0) is 45.3 Å². The van der Waals surface area contributed by atoms with E-state index in [0.29, 0.717) is 0 Å². The Labute approximate surface area is 111 Å². The lowest BCUT2D eigenvalue weighted by Gasteiger charge is -2.35. The zero-order chi connectivity index (χ0) is 12.6. The molecule has 0 saturated carbocycles. The van der Waals surface area contributed by atoms with Gasteiger partial charge in [-0.2, -0.15) is 0 Å². The van der Waals surface area contributed by atoms with Crippen molar-refractivity contribution in [3.8, 4) is 0 Å². The van der Waals surface area contributed by atoms with Crippen molar-refractivity contribution in [1.29, 1.82) is 0 Å². The van der Waals surface area contributed by atoms with E-state index in [0.717, 1.165) is 38.6 Å². The Hall–Kier alpha value is -0.160. The second-order valence-corrected chi connectivity index (χ2v) is 5.33. The Morgan fingerprint density at radius 3 is 2.50 bits per heavy atom. The molecule has 2 aliphatic rings. The molecule has 106 valence electrons. The Balaban J connectivity index is 1.73. The summed E-state index contributed by atoms with van der Waals surface area (Å²) in [6, 6.07) is 0.759. The number of hydrogen-bond acceptors (Lipinski definition) is 4. The molecule has 1 N–H and O–H groups in total. The Kier molecular flexibility index (Phi) is 6.41. The van der Waals surface area contributed by atoms with Crippen molar-refractivity contribution in [2.75, 3.05) is 39.4 Å². The zero-order valence-corrected chi connectivity index (χ0v) is 11.7. The minimum atomic E-state index is 0.0415. The van der Waals surface area contributed by atoms with Crippen LogP contribution in [-0.2, 0) is 9.47 Å². The third-order valence-corrected chi connectivity index (χ3v) is 3.88. The van der Waals surface area contributed by atoms with E-state index < -0.39 is 0 Å². The normalized spacial score (nSPS) is 23.7. The maximum atomic E-state index is 5.63. The molecular formula is C14H28N2O2. The average Bonchev–Trinajstić information content (AvgIpc) is 2.45. The number of nitrogens with one attached hydrogen (secondary N) is 1. The van der Waals surface area contributed by atoms with Gasteiger partial charge in [0.2, 0.25) is 0 Å². The van der Waals surface area contributed by atoms with E-state index in [1.165, 1.54) is 38.9 Å². The molecule has 0 aliphatic carbocycles. The number of rotatable bonds is 6. The fourth-order valence-electron chi connectivity index (χ4n) is 2.91. The summed E-state index contributed by atoms with van der Waals surface area (Å²) in [6.07, 6.45) is 5.91. The van der Waals surface area contributed by atoms with E-state index >= 15 is 0 Å². The maximum absolute atomic E-state index is 5.63. The van der Waals surface area contributed by atoms with Crippen LogP contribution in [0.15, 0.2) is 0 Å². The van der Waals surface area contributed by atoms with Gasteiger partial charge in [-0.15, -0.1) is 0 Å².